The average molecular weight is 272 g/mol. The topological polar surface area (TPSA) is 12.0 Å². The Labute approximate surface area is 97.8 Å². The lowest BCUT2D eigenvalue weighted by atomic mass is 10.2. The fourth-order valence-corrected chi connectivity index (χ4v) is 3.46. The predicted molar refractivity (Wildman–Crippen MR) is 68.2 cm³/mol. The minimum Gasteiger partial charge on any atom is -0.381 e. The minimum atomic E-state index is 0.661. The summed E-state index contributed by atoms with van der Waals surface area (Å²) in [6.07, 6.45) is 1.29. The largest absolute Gasteiger partial charge is 0.381 e. The Kier molecular flexibility index (Phi) is 3.39. The second-order valence-electron chi connectivity index (χ2n) is 3.72. The number of anilines is 1. The highest BCUT2D eigenvalue weighted by atomic mass is 79.9. The molecule has 1 unspecified atom stereocenters. The van der Waals surface area contributed by atoms with Crippen LogP contribution in [0.1, 0.15) is 12.0 Å². The maximum atomic E-state index is 3.57. The number of nitrogens with one attached hydrogen (secondary N) is 1. The van der Waals surface area contributed by atoms with Gasteiger partial charge in [-0.1, -0.05) is 15.9 Å². The molecule has 1 aliphatic rings. The van der Waals surface area contributed by atoms with Gasteiger partial charge in [0, 0.05) is 22.0 Å². The molecule has 3 heteroatoms. The van der Waals surface area contributed by atoms with Crippen molar-refractivity contribution in [1.29, 1.82) is 0 Å². The number of hydrogen-bond donors (Lipinski definition) is 1. The molecule has 0 aliphatic carbocycles. The molecule has 1 N–H and O–H groups in total. The molecule has 1 saturated heterocycles. The molecular weight excluding hydrogens is 258 g/mol. The molecule has 1 heterocycles. The summed E-state index contributed by atoms with van der Waals surface area (Å²) in [5, 5.41) is 3.57. The number of rotatable bonds is 2. The van der Waals surface area contributed by atoms with Crippen molar-refractivity contribution in [3.8, 4) is 0 Å². The molecule has 2 rings (SSSR count). The molecule has 1 aromatic carbocycles. The highest BCUT2D eigenvalue weighted by molar-refractivity contribution is 9.10. The third kappa shape index (κ3) is 2.67. The van der Waals surface area contributed by atoms with Gasteiger partial charge in [0.25, 0.3) is 0 Å². The Morgan fingerprint density at radius 1 is 1.43 bits per heavy atom. The van der Waals surface area contributed by atoms with Gasteiger partial charge in [-0.25, -0.2) is 0 Å². The molecule has 0 bridgehead atoms. The van der Waals surface area contributed by atoms with Gasteiger partial charge in [-0.15, -0.1) is 0 Å². The molecule has 0 aromatic heterocycles. The van der Waals surface area contributed by atoms with E-state index in [4.69, 9.17) is 0 Å². The predicted octanol–water partition coefficient (Wildman–Crippen LogP) is 3.67. The van der Waals surface area contributed by atoms with Gasteiger partial charge < -0.3 is 5.32 Å². The van der Waals surface area contributed by atoms with E-state index in [-0.39, 0.29) is 0 Å². The standard InChI is InChI=1S/C11H14BrNS/c1-8-4-9(12)6-11(5-8)13-10-2-3-14-7-10/h4-6,10,13H,2-3,7H2,1H3. The molecule has 0 saturated carbocycles. The SMILES string of the molecule is Cc1cc(Br)cc(NC2CCSC2)c1. The van der Waals surface area contributed by atoms with Crippen LogP contribution in [0.4, 0.5) is 5.69 Å². The van der Waals surface area contributed by atoms with Gasteiger partial charge in [0.2, 0.25) is 0 Å². The van der Waals surface area contributed by atoms with Crippen LogP contribution >= 0.6 is 27.7 Å². The van der Waals surface area contributed by atoms with E-state index in [2.05, 4.69) is 46.4 Å². The molecule has 1 atom stereocenters. The molecule has 0 amide bonds. The fraction of sp³-hybridized carbons (Fsp3) is 0.455. The van der Waals surface area contributed by atoms with E-state index in [9.17, 15) is 0 Å². The summed E-state index contributed by atoms with van der Waals surface area (Å²) in [7, 11) is 0. The number of thioether (sulfide) groups is 1. The summed E-state index contributed by atoms with van der Waals surface area (Å²) < 4.78 is 1.16. The third-order valence-electron chi connectivity index (χ3n) is 2.34. The summed E-state index contributed by atoms with van der Waals surface area (Å²) in [6.45, 7) is 2.12. The van der Waals surface area contributed by atoms with Crippen LogP contribution in [0.3, 0.4) is 0 Å². The van der Waals surface area contributed by atoms with Crippen molar-refractivity contribution < 1.29 is 0 Å². The van der Waals surface area contributed by atoms with Gasteiger partial charge in [0.1, 0.15) is 0 Å². The maximum absolute atomic E-state index is 3.57. The monoisotopic (exact) mass is 271 g/mol. The number of aryl methyl sites for hydroxylation is 1. The second kappa shape index (κ2) is 4.58. The highest BCUT2D eigenvalue weighted by Gasteiger charge is 2.14. The van der Waals surface area contributed by atoms with Crippen LogP contribution in [0.15, 0.2) is 22.7 Å². The molecule has 0 spiro atoms. The Bertz CT molecular complexity index is 301. The summed E-state index contributed by atoms with van der Waals surface area (Å²) in [4.78, 5) is 0. The second-order valence-corrected chi connectivity index (χ2v) is 5.79. The third-order valence-corrected chi connectivity index (χ3v) is 3.96. The van der Waals surface area contributed by atoms with Gasteiger partial charge in [0.05, 0.1) is 0 Å². The zero-order valence-electron chi connectivity index (χ0n) is 8.22. The minimum absolute atomic E-state index is 0.661. The molecule has 1 fully saturated rings. The summed E-state index contributed by atoms with van der Waals surface area (Å²) in [5.74, 6) is 2.54. The van der Waals surface area contributed by atoms with Gasteiger partial charge in [-0.05, 0) is 42.9 Å². The maximum Gasteiger partial charge on any atom is 0.0359 e. The number of halogens is 1. The number of benzene rings is 1. The Morgan fingerprint density at radius 3 is 2.93 bits per heavy atom. The molecule has 14 heavy (non-hydrogen) atoms. The van der Waals surface area contributed by atoms with Crippen molar-refractivity contribution in [3.63, 3.8) is 0 Å². The summed E-state index contributed by atoms with van der Waals surface area (Å²) >= 11 is 5.55. The molecule has 1 aliphatic heterocycles. The first-order chi connectivity index (χ1) is 6.74. The van der Waals surface area contributed by atoms with E-state index in [1.54, 1.807) is 0 Å². The smallest absolute Gasteiger partial charge is 0.0359 e. The van der Waals surface area contributed by atoms with E-state index in [0.29, 0.717) is 6.04 Å². The van der Waals surface area contributed by atoms with Crippen LogP contribution < -0.4 is 5.32 Å². The normalized spacial score (nSPS) is 21.1. The molecule has 1 nitrogen and oxygen atoms in total. The molecule has 1 aromatic rings. The van der Waals surface area contributed by atoms with Crippen LogP contribution in [0, 0.1) is 6.92 Å². The van der Waals surface area contributed by atoms with E-state index in [0.717, 1.165) is 4.47 Å². The lowest BCUT2D eigenvalue weighted by molar-refractivity contribution is 0.813. The average Bonchev–Trinajstić information content (AvgIpc) is 2.54. The first-order valence-electron chi connectivity index (χ1n) is 4.85. The first kappa shape index (κ1) is 10.4. The van der Waals surface area contributed by atoms with Crippen molar-refractivity contribution in [1.82, 2.24) is 0 Å². The summed E-state index contributed by atoms with van der Waals surface area (Å²) in [6, 6.07) is 7.15. The molecule has 76 valence electrons. The van der Waals surface area contributed by atoms with E-state index in [1.807, 2.05) is 11.8 Å². The number of hydrogen-bond acceptors (Lipinski definition) is 2. The Morgan fingerprint density at radius 2 is 2.29 bits per heavy atom. The fourth-order valence-electron chi connectivity index (χ4n) is 1.70. The quantitative estimate of drug-likeness (QED) is 0.881. The first-order valence-corrected chi connectivity index (χ1v) is 6.80. The van der Waals surface area contributed by atoms with Crippen molar-refractivity contribution in [2.45, 2.75) is 19.4 Å². The van der Waals surface area contributed by atoms with Gasteiger partial charge in [-0.3, -0.25) is 0 Å². The van der Waals surface area contributed by atoms with Crippen LogP contribution in [-0.2, 0) is 0 Å². The van der Waals surface area contributed by atoms with Crippen molar-refractivity contribution in [3.05, 3.63) is 28.2 Å². The van der Waals surface area contributed by atoms with E-state index < -0.39 is 0 Å². The van der Waals surface area contributed by atoms with Crippen molar-refractivity contribution >= 4 is 33.4 Å². The zero-order chi connectivity index (χ0) is 9.97. The lowest BCUT2D eigenvalue weighted by Crippen LogP contribution is -2.17. The van der Waals surface area contributed by atoms with Crippen LogP contribution in [0.2, 0.25) is 0 Å². The Balaban J connectivity index is 2.07. The zero-order valence-corrected chi connectivity index (χ0v) is 10.6. The van der Waals surface area contributed by atoms with Gasteiger partial charge in [-0.2, -0.15) is 11.8 Å². The van der Waals surface area contributed by atoms with Crippen molar-refractivity contribution in [2.24, 2.45) is 0 Å². The van der Waals surface area contributed by atoms with E-state index >= 15 is 0 Å². The van der Waals surface area contributed by atoms with Gasteiger partial charge >= 0.3 is 0 Å². The molecular formula is C11H14BrNS. The van der Waals surface area contributed by atoms with Crippen LogP contribution in [0.5, 0.6) is 0 Å². The lowest BCUT2D eigenvalue weighted by Gasteiger charge is -2.13. The highest BCUT2D eigenvalue weighted by Crippen LogP contribution is 2.24. The van der Waals surface area contributed by atoms with Gasteiger partial charge in [0.15, 0.2) is 0 Å². The van der Waals surface area contributed by atoms with Crippen LogP contribution in [-0.4, -0.2) is 17.5 Å². The van der Waals surface area contributed by atoms with Crippen molar-refractivity contribution in [2.75, 3.05) is 16.8 Å². The van der Waals surface area contributed by atoms with Crippen LogP contribution in [0.25, 0.3) is 0 Å². The Hall–Kier alpha value is -0.150. The summed E-state index contributed by atoms with van der Waals surface area (Å²) in [5.41, 5.74) is 2.54. The molecule has 0 radical (unpaired) electrons. The van der Waals surface area contributed by atoms with E-state index in [1.165, 1.54) is 29.2 Å².